The number of carbonyl (C=O) groups is 3. The Morgan fingerprint density at radius 2 is 1.76 bits per heavy atom. The molecule has 2 aromatic rings. The Balaban J connectivity index is 1.35. The minimum atomic E-state index is -1.06. The third-order valence-corrected chi connectivity index (χ3v) is 6.03. The molecule has 0 aliphatic carbocycles. The number of ether oxygens (including phenoxy) is 1. The molecule has 0 aromatic heterocycles. The van der Waals surface area contributed by atoms with E-state index in [4.69, 9.17) is 10.00 Å². The van der Waals surface area contributed by atoms with Gasteiger partial charge in [0.15, 0.2) is 0 Å². The molecule has 2 aromatic carbocycles. The summed E-state index contributed by atoms with van der Waals surface area (Å²) in [6.45, 7) is 4.04. The summed E-state index contributed by atoms with van der Waals surface area (Å²) in [7, 11) is 0. The van der Waals surface area contributed by atoms with Gasteiger partial charge in [0.1, 0.15) is 17.7 Å². The first-order valence-electron chi connectivity index (χ1n) is 10.7. The average Bonchev–Trinajstić information content (AvgIpc) is 2.71. The number of anilines is 2. The van der Waals surface area contributed by atoms with E-state index < -0.39 is 41.6 Å². The fraction of sp³-hybridized carbons (Fsp3) is 0.333. The fourth-order valence-corrected chi connectivity index (χ4v) is 4.29. The number of amides is 3. The number of hydrogen-bond acceptors (Lipinski definition) is 6. The minimum Gasteiger partial charge on any atom is -0.442 e. The van der Waals surface area contributed by atoms with E-state index in [1.807, 2.05) is 0 Å². The molecule has 2 heterocycles. The summed E-state index contributed by atoms with van der Waals surface area (Å²) < 4.78 is 34.8. The van der Waals surface area contributed by atoms with Crippen LogP contribution in [0.15, 0.2) is 24.3 Å². The number of nitrogens with one attached hydrogen (secondary N) is 2. The third-order valence-electron chi connectivity index (χ3n) is 6.03. The molecule has 2 fully saturated rings. The molecule has 1 atom stereocenters. The van der Waals surface area contributed by atoms with Gasteiger partial charge >= 0.3 is 6.09 Å². The number of piperidine rings is 1. The van der Waals surface area contributed by atoms with Gasteiger partial charge in [0.25, 0.3) is 0 Å². The Morgan fingerprint density at radius 1 is 1.15 bits per heavy atom. The molecule has 4 rings (SSSR count). The highest BCUT2D eigenvalue weighted by Crippen LogP contribution is 2.33. The van der Waals surface area contributed by atoms with E-state index in [1.54, 1.807) is 30.9 Å². The van der Waals surface area contributed by atoms with Crippen LogP contribution < -0.4 is 15.5 Å². The molecule has 2 N–H and O–H groups in total. The highest BCUT2D eigenvalue weighted by atomic mass is 19.1. The van der Waals surface area contributed by atoms with Gasteiger partial charge in [-0.3, -0.25) is 20.2 Å². The molecular weight excluding hydrogens is 446 g/mol. The monoisotopic (exact) mass is 468 g/mol. The van der Waals surface area contributed by atoms with Crippen molar-refractivity contribution in [1.82, 2.24) is 5.32 Å². The first-order chi connectivity index (χ1) is 16.2. The van der Waals surface area contributed by atoms with Gasteiger partial charge in [-0.25, -0.2) is 13.6 Å². The van der Waals surface area contributed by atoms with Crippen molar-refractivity contribution in [3.63, 3.8) is 0 Å². The zero-order valence-corrected chi connectivity index (χ0v) is 18.6. The number of imide groups is 1. The van der Waals surface area contributed by atoms with Crippen molar-refractivity contribution < 1.29 is 27.9 Å². The summed E-state index contributed by atoms with van der Waals surface area (Å²) in [6, 6.07) is 7.74. The maximum absolute atomic E-state index is 14.7. The van der Waals surface area contributed by atoms with E-state index in [0.29, 0.717) is 11.3 Å². The SMILES string of the molecule is Cc1cc(NC(=O)OC2CN(c3cc(F)c(C4CCC(=O)NC4=O)c(F)c3)C2)cc(C)c1C#N. The van der Waals surface area contributed by atoms with E-state index in [2.05, 4.69) is 16.7 Å². The van der Waals surface area contributed by atoms with Crippen molar-refractivity contribution in [2.45, 2.75) is 38.7 Å². The summed E-state index contributed by atoms with van der Waals surface area (Å²) in [6.07, 6.45) is -1.07. The van der Waals surface area contributed by atoms with Crippen LogP contribution in [0.1, 0.15) is 41.0 Å². The van der Waals surface area contributed by atoms with E-state index in [0.717, 1.165) is 23.3 Å². The lowest BCUT2D eigenvalue weighted by atomic mass is 9.89. The Labute approximate surface area is 194 Å². The number of benzene rings is 2. The highest BCUT2D eigenvalue weighted by molar-refractivity contribution is 6.01. The van der Waals surface area contributed by atoms with Gasteiger partial charge in [-0.2, -0.15) is 5.26 Å². The second-order valence-corrected chi connectivity index (χ2v) is 8.48. The molecule has 0 spiro atoms. The zero-order valence-electron chi connectivity index (χ0n) is 18.6. The Morgan fingerprint density at radius 3 is 2.32 bits per heavy atom. The lowest BCUT2D eigenvalue weighted by molar-refractivity contribution is -0.134. The first kappa shape index (κ1) is 23.2. The van der Waals surface area contributed by atoms with Crippen molar-refractivity contribution in [1.29, 1.82) is 5.26 Å². The smallest absolute Gasteiger partial charge is 0.412 e. The maximum Gasteiger partial charge on any atom is 0.412 e. The van der Waals surface area contributed by atoms with E-state index in [9.17, 15) is 23.2 Å². The minimum absolute atomic E-state index is 0.0197. The molecule has 2 aliphatic heterocycles. The van der Waals surface area contributed by atoms with Gasteiger partial charge in [-0.05, 0) is 55.7 Å². The van der Waals surface area contributed by atoms with Crippen LogP contribution in [0.4, 0.5) is 25.0 Å². The van der Waals surface area contributed by atoms with Crippen molar-refractivity contribution in [3.8, 4) is 6.07 Å². The summed E-state index contributed by atoms with van der Waals surface area (Å²) in [5.74, 6) is -3.95. The quantitative estimate of drug-likeness (QED) is 0.666. The molecule has 8 nitrogen and oxygen atoms in total. The molecule has 10 heteroatoms. The van der Waals surface area contributed by atoms with E-state index >= 15 is 0 Å². The zero-order chi connectivity index (χ0) is 24.6. The van der Waals surface area contributed by atoms with Crippen molar-refractivity contribution in [2.75, 3.05) is 23.3 Å². The standard InChI is InChI=1S/C24H22F2N4O4/c1-12-5-14(6-13(2)18(12)9-27)28-24(33)34-16-10-30(11-16)15-7-19(25)22(20(26)8-15)17-3-4-21(31)29-23(17)32/h5-8,16-17H,3-4,10-11H2,1-2H3,(H,28,33)(H,29,31,32). The van der Waals surface area contributed by atoms with Crippen LogP contribution in [0.5, 0.6) is 0 Å². The molecule has 0 saturated carbocycles. The molecule has 0 bridgehead atoms. The molecule has 2 saturated heterocycles. The van der Waals surface area contributed by atoms with Crippen LogP contribution in [0.25, 0.3) is 0 Å². The fourth-order valence-electron chi connectivity index (χ4n) is 4.29. The van der Waals surface area contributed by atoms with Gasteiger partial charge in [0.2, 0.25) is 11.8 Å². The lowest BCUT2D eigenvalue weighted by Gasteiger charge is -2.40. The predicted molar refractivity (Wildman–Crippen MR) is 118 cm³/mol. The topological polar surface area (TPSA) is 112 Å². The van der Waals surface area contributed by atoms with Crippen molar-refractivity contribution in [3.05, 3.63) is 58.2 Å². The first-order valence-corrected chi connectivity index (χ1v) is 10.7. The molecule has 2 aliphatic rings. The van der Waals surface area contributed by atoms with Gasteiger partial charge in [0, 0.05) is 23.4 Å². The number of carbonyl (C=O) groups excluding carboxylic acids is 3. The number of aryl methyl sites for hydroxylation is 2. The van der Waals surface area contributed by atoms with Gasteiger partial charge in [-0.1, -0.05) is 0 Å². The second kappa shape index (κ2) is 9.09. The molecular formula is C24H22F2N4O4. The Hall–Kier alpha value is -4.00. The predicted octanol–water partition coefficient (Wildman–Crippen LogP) is 3.41. The summed E-state index contributed by atoms with van der Waals surface area (Å²) in [4.78, 5) is 37.2. The second-order valence-electron chi connectivity index (χ2n) is 8.48. The lowest BCUT2D eigenvalue weighted by Crippen LogP contribution is -2.53. The van der Waals surface area contributed by atoms with E-state index in [-0.39, 0.29) is 37.2 Å². The van der Waals surface area contributed by atoms with Crippen molar-refractivity contribution in [2.24, 2.45) is 0 Å². The molecule has 0 radical (unpaired) electrons. The third kappa shape index (κ3) is 4.55. The van der Waals surface area contributed by atoms with Crippen LogP contribution in [-0.2, 0) is 14.3 Å². The van der Waals surface area contributed by atoms with Crippen molar-refractivity contribution >= 4 is 29.3 Å². The number of halogens is 2. The largest absolute Gasteiger partial charge is 0.442 e. The van der Waals surface area contributed by atoms with Crippen LogP contribution in [-0.4, -0.2) is 37.1 Å². The number of nitrogens with zero attached hydrogens (tertiary/aromatic N) is 2. The maximum atomic E-state index is 14.7. The van der Waals surface area contributed by atoms with Crippen LogP contribution >= 0.6 is 0 Å². The number of rotatable bonds is 4. The highest BCUT2D eigenvalue weighted by Gasteiger charge is 2.35. The molecule has 34 heavy (non-hydrogen) atoms. The molecule has 176 valence electrons. The van der Waals surface area contributed by atoms with Gasteiger partial charge in [-0.15, -0.1) is 0 Å². The van der Waals surface area contributed by atoms with Crippen LogP contribution in [0.2, 0.25) is 0 Å². The summed E-state index contributed by atoms with van der Waals surface area (Å²) in [5, 5.41) is 13.9. The normalized spacial score (nSPS) is 18.1. The van der Waals surface area contributed by atoms with Gasteiger partial charge in [0.05, 0.1) is 30.6 Å². The van der Waals surface area contributed by atoms with E-state index in [1.165, 1.54) is 0 Å². The number of nitriles is 1. The summed E-state index contributed by atoms with van der Waals surface area (Å²) >= 11 is 0. The molecule has 1 unspecified atom stereocenters. The number of hydrogen-bond donors (Lipinski definition) is 2. The van der Waals surface area contributed by atoms with Crippen LogP contribution in [0, 0.1) is 36.8 Å². The average molecular weight is 468 g/mol. The van der Waals surface area contributed by atoms with Crippen LogP contribution in [0.3, 0.4) is 0 Å². The Kier molecular flexibility index (Phi) is 6.20. The molecule has 3 amide bonds. The summed E-state index contributed by atoms with van der Waals surface area (Å²) in [5.41, 5.74) is 2.44. The Bertz CT molecular complexity index is 1190. The van der Waals surface area contributed by atoms with Gasteiger partial charge < -0.3 is 9.64 Å².